The molecular weight excluding hydrogens is 288 g/mol. The summed E-state index contributed by atoms with van der Waals surface area (Å²) in [7, 11) is 1.66. The molecule has 0 fully saturated rings. The maximum Gasteiger partial charge on any atom is 0.161 e. The van der Waals surface area contributed by atoms with Gasteiger partial charge in [-0.2, -0.15) is 0 Å². The average molecular weight is 314 g/mol. The van der Waals surface area contributed by atoms with Crippen molar-refractivity contribution in [2.75, 3.05) is 20.3 Å². The molecule has 0 saturated heterocycles. The highest BCUT2D eigenvalue weighted by Crippen LogP contribution is 2.28. The maximum atomic E-state index is 5.90. The smallest absolute Gasteiger partial charge is 0.161 e. The fourth-order valence-corrected chi connectivity index (χ4v) is 2.41. The van der Waals surface area contributed by atoms with E-state index >= 15 is 0 Å². The zero-order valence-electron chi connectivity index (χ0n) is 14.5. The molecule has 0 bridgehead atoms. The summed E-state index contributed by atoms with van der Waals surface area (Å²) in [5.41, 5.74) is 2.40. The molecule has 0 radical (unpaired) electrons. The molecule has 3 nitrogen and oxygen atoms in total. The van der Waals surface area contributed by atoms with Crippen LogP contribution in [0.25, 0.3) is 0 Å². The van der Waals surface area contributed by atoms with Gasteiger partial charge in [0.2, 0.25) is 0 Å². The molecule has 3 heteroatoms. The third-order valence-electron chi connectivity index (χ3n) is 3.66. The third-order valence-corrected chi connectivity index (χ3v) is 3.66. The third kappa shape index (κ3) is 4.92. The van der Waals surface area contributed by atoms with Crippen LogP contribution < -0.4 is 14.2 Å². The molecule has 0 N–H and O–H groups in total. The van der Waals surface area contributed by atoms with Crippen molar-refractivity contribution in [1.82, 2.24) is 0 Å². The summed E-state index contributed by atoms with van der Waals surface area (Å²) < 4.78 is 17.0. The molecule has 0 unspecified atom stereocenters. The lowest BCUT2D eigenvalue weighted by Gasteiger charge is -2.14. The predicted molar refractivity (Wildman–Crippen MR) is 93.9 cm³/mol. The van der Waals surface area contributed by atoms with Crippen LogP contribution in [0, 0.1) is 6.92 Å². The first-order valence-corrected chi connectivity index (χ1v) is 8.11. The van der Waals surface area contributed by atoms with Gasteiger partial charge >= 0.3 is 0 Å². The number of benzene rings is 2. The quantitative estimate of drug-likeness (QED) is 0.643. The number of methoxy groups -OCH3 is 1. The molecule has 2 aromatic rings. The Morgan fingerprint density at radius 1 is 0.870 bits per heavy atom. The molecular formula is C20H26O3. The van der Waals surface area contributed by atoms with Crippen LogP contribution in [0.5, 0.6) is 17.2 Å². The van der Waals surface area contributed by atoms with Crippen LogP contribution in [0.3, 0.4) is 0 Å². The molecule has 0 aliphatic carbocycles. The van der Waals surface area contributed by atoms with E-state index in [9.17, 15) is 0 Å². The van der Waals surface area contributed by atoms with Crippen molar-refractivity contribution >= 4 is 0 Å². The Morgan fingerprint density at radius 3 is 2.26 bits per heavy atom. The highest BCUT2D eigenvalue weighted by Gasteiger charge is 2.07. The normalized spacial score (nSPS) is 10.7. The van der Waals surface area contributed by atoms with E-state index in [1.165, 1.54) is 5.56 Å². The van der Waals surface area contributed by atoms with Crippen LogP contribution in [0.4, 0.5) is 0 Å². The van der Waals surface area contributed by atoms with Crippen LogP contribution >= 0.6 is 0 Å². The van der Waals surface area contributed by atoms with E-state index < -0.39 is 0 Å². The summed E-state index contributed by atoms with van der Waals surface area (Å²) in [6, 6.07) is 14.2. The molecule has 23 heavy (non-hydrogen) atoms. The number of aryl methyl sites for hydroxylation is 1. The fourth-order valence-electron chi connectivity index (χ4n) is 2.41. The van der Waals surface area contributed by atoms with Gasteiger partial charge in [-0.05, 0) is 42.2 Å². The number of rotatable bonds is 8. The van der Waals surface area contributed by atoms with Crippen molar-refractivity contribution in [1.29, 1.82) is 0 Å². The van der Waals surface area contributed by atoms with E-state index in [-0.39, 0.29) is 0 Å². The number of para-hydroxylation sites is 1. The predicted octanol–water partition coefficient (Wildman–Crippen LogP) is 4.97. The minimum Gasteiger partial charge on any atom is -0.493 e. The molecule has 0 amide bonds. The van der Waals surface area contributed by atoms with Gasteiger partial charge < -0.3 is 14.2 Å². The molecule has 2 rings (SSSR count). The molecule has 124 valence electrons. The second-order valence-corrected chi connectivity index (χ2v) is 5.90. The van der Waals surface area contributed by atoms with Gasteiger partial charge in [-0.25, -0.2) is 0 Å². The second kappa shape index (κ2) is 8.47. The van der Waals surface area contributed by atoms with Crippen molar-refractivity contribution in [3.05, 3.63) is 53.6 Å². The van der Waals surface area contributed by atoms with E-state index in [1.54, 1.807) is 7.11 Å². The van der Waals surface area contributed by atoms with Crippen molar-refractivity contribution in [2.24, 2.45) is 0 Å². The minimum atomic E-state index is 0.458. The molecule has 0 aliphatic heterocycles. The SMILES string of the molecule is COc1cc(C)ccc1OCCCOc1ccccc1C(C)C. The second-order valence-electron chi connectivity index (χ2n) is 5.90. The van der Waals surface area contributed by atoms with Crippen molar-refractivity contribution < 1.29 is 14.2 Å². The largest absolute Gasteiger partial charge is 0.493 e. The summed E-state index contributed by atoms with van der Waals surface area (Å²) in [4.78, 5) is 0. The lowest BCUT2D eigenvalue weighted by Crippen LogP contribution is -2.07. The summed E-state index contributed by atoms with van der Waals surface area (Å²) in [5.74, 6) is 2.98. The van der Waals surface area contributed by atoms with Gasteiger partial charge in [-0.1, -0.05) is 38.1 Å². The Kier molecular flexibility index (Phi) is 6.33. The van der Waals surface area contributed by atoms with Gasteiger partial charge in [-0.3, -0.25) is 0 Å². The Bertz CT molecular complexity index is 620. The van der Waals surface area contributed by atoms with Gasteiger partial charge in [0.25, 0.3) is 0 Å². The summed E-state index contributed by atoms with van der Waals surface area (Å²) in [6.07, 6.45) is 0.823. The van der Waals surface area contributed by atoms with E-state index in [0.29, 0.717) is 19.1 Å². The van der Waals surface area contributed by atoms with E-state index in [4.69, 9.17) is 14.2 Å². The molecule has 0 aromatic heterocycles. The highest BCUT2D eigenvalue weighted by molar-refractivity contribution is 5.42. The van der Waals surface area contributed by atoms with Crippen molar-refractivity contribution in [3.63, 3.8) is 0 Å². The molecule has 0 saturated carbocycles. The van der Waals surface area contributed by atoms with Gasteiger partial charge in [0.05, 0.1) is 20.3 Å². The molecule has 0 spiro atoms. The van der Waals surface area contributed by atoms with E-state index in [1.807, 2.05) is 37.3 Å². The lowest BCUT2D eigenvalue weighted by atomic mass is 10.0. The first-order valence-electron chi connectivity index (χ1n) is 8.11. The van der Waals surface area contributed by atoms with E-state index in [0.717, 1.165) is 29.2 Å². The van der Waals surface area contributed by atoms with Crippen LogP contribution in [0.2, 0.25) is 0 Å². The minimum absolute atomic E-state index is 0.458. The Balaban J connectivity index is 1.81. The summed E-state index contributed by atoms with van der Waals surface area (Å²) in [6.45, 7) is 7.62. The summed E-state index contributed by atoms with van der Waals surface area (Å²) >= 11 is 0. The van der Waals surface area contributed by atoms with Crippen molar-refractivity contribution in [2.45, 2.75) is 33.1 Å². The van der Waals surface area contributed by atoms with Gasteiger partial charge in [-0.15, -0.1) is 0 Å². The van der Waals surface area contributed by atoms with Crippen molar-refractivity contribution in [3.8, 4) is 17.2 Å². The van der Waals surface area contributed by atoms with Crippen LogP contribution in [-0.2, 0) is 0 Å². The fraction of sp³-hybridized carbons (Fsp3) is 0.400. The Labute approximate surface area is 139 Å². The zero-order valence-corrected chi connectivity index (χ0v) is 14.5. The van der Waals surface area contributed by atoms with Gasteiger partial charge in [0, 0.05) is 6.42 Å². The zero-order chi connectivity index (χ0) is 16.7. The monoisotopic (exact) mass is 314 g/mol. The molecule has 2 aromatic carbocycles. The maximum absolute atomic E-state index is 5.90. The van der Waals surface area contributed by atoms with Gasteiger partial charge in [0.15, 0.2) is 11.5 Å². The highest BCUT2D eigenvalue weighted by atomic mass is 16.5. The topological polar surface area (TPSA) is 27.7 Å². The van der Waals surface area contributed by atoms with Crippen LogP contribution in [0.15, 0.2) is 42.5 Å². The first kappa shape index (κ1) is 17.2. The number of ether oxygens (including phenoxy) is 3. The first-order chi connectivity index (χ1) is 11.1. The standard InChI is InChI=1S/C20H26O3/c1-15(2)17-8-5-6-9-18(17)22-12-7-13-23-19-11-10-16(3)14-20(19)21-4/h5-6,8-11,14-15H,7,12-13H2,1-4H3. The number of hydrogen-bond acceptors (Lipinski definition) is 3. The summed E-state index contributed by atoms with van der Waals surface area (Å²) in [5, 5.41) is 0. The lowest BCUT2D eigenvalue weighted by molar-refractivity contribution is 0.239. The molecule has 0 heterocycles. The van der Waals surface area contributed by atoms with Crippen LogP contribution in [-0.4, -0.2) is 20.3 Å². The Hall–Kier alpha value is -2.16. The number of hydrogen-bond donors (Lipinski definition) is 0. The average Bonchev–Trinajstić information content (AvgIpc) is 2.55. The van der Waals surface area contributed by atoms with Crippen LogP contribution in [0.1, 0.15) is 37.3 Å². The van der Waals surface area contributed by atoms with E-state index in [2.05, 4.69) is 26.0 Å². The Morgan fingerprint density at radius 2 is 1.57 bits per heavy atom. The molecule has 0 aliphatic rings. The molecule has 0 atom stereocenters. The van der Waals surface area contributed by atoms with Gasteiger partial charge in [0.1, 0.15) is 5.75 Å².